The Morgan fingerprint density at radius 2 is 2.20 bits per heavy atom. The molecular weight excluding hydrogens is 332 g/mol. The highest BCUT2D eigenvalue weighted by Gasteiger charge is 2.19. The Labute approximate surface area is 135 Å². The van der Waals surface area contributed by atoms with Crippen molar-refractivity contribution in [2.45, 2.75) is 39.0 Å². The molecule has 1 heterocycles. The van der Waals surface area contributed by atoms with Gasteiger partial charge in [-0.1, -0.05) is 47.9 Å². The molecule has 0 saturated carbocycles. The van der Waals surface area contributed by atoms with Gasteiger partial charge in [-0.05, 0) is 43.4 Å². The van der Waals surface area contributed by atoms with Gasteiger partial charge in [0.2, 0.25) is 0 Å². The van der Waals surface area contributed by atoms with Crippen LogP contribution >= 0.6 is 28.1 Å². The van der Waals surface area contributed by atoms with E-state index in [0.29, 0.717) is 4.99 Å². The van der Waals surface area contributed by atoms with E-state index in [1.54, 1.807) is 0 Å². The minimum Gasteiger partial charge on any atom is -0.389 e. The maximum atomic E-state index is 5.87. The van der Waals surface area contributed by atoms with Gasteiger partial charge >= 0.3 is 0 Å². The van der Waals surface area contributed by atoms with Gasteiger partial charge in [-0.3, -0.25) is 0 Å². The van der Waals surface area contributed by atoms with Gasteiger partial charge in [0.05, 0.1) is 0 Å². The zero-order valence-corrected chi connectivity index (χ0v) is 14.5. The molecule has 0 amide bonds. The van der Waals surface area contributed by atoms with Crippen molar-refractivity contribution in [2.24, 2.45) is 11.7 Å². The first kappa shape index (κ1) is 15.8. The highest BCUT2D eigenvalue weighted by Crippen LogP contribution is 2.29. The summed E-state index contributed by atoms with van der Waals surface area (Å²) in [7, 11) is 0. The largest absolute Gasteiger partial charge is 0.389 e. The van der Waals surface area contributed by atoms with Crippen LogP contribution in [-0.2, 0) is 0 Å². The van der Waals surface area contributed by atoms with Crippen LogP contribution in [0.2, 0.25) is 0 Å². The lowest BCUT2D eigenvalue weighted by molar-refractivity contribution is 0.435. The lowest BCUT2D eigenvalue weighted by atomic mass is 9.96. The Morgan fingerprint density at radius 1 is 1.40 bits per heavy atom. The molecule has 1 saturated heterocycles. The predicted molar refractivity (Wildman–Crippen MR) is 94.5 cm³/mol. The van der Waals surface area contributed by atoms with Gasteiger partial charge in [-0.2, -0.15) is 0 Å². The number of hydrogen-bond donors (Lipinski definition) is 1. The molecule has 1 aliphatic heterocycles. The molecule has 2 nitrogen and oxygen atoms in total. The number of benzene rings is 1. The lowest BCUT2D eigenvalue weighted by Crippen LogP contribution is -2.27. The Hall–Kier alpha value is -0.610. The summed E-state index contributed by atoms with van der Waals surface area (Å²) in [6, 6.07) is 6.18. The van der Waals surface area contributed by atoms with E-state index in [4.69, 9.17) is 18.0 Å². The number of nitrogens with zero attached hydrogens (tertiary/aromatic N) is 1. The van der Waals surface area contributed by atoms with Crippen LogP contribution in [0.5, 0.6) is 0 Å². The van der Waals surface area contributed by atoms with Crippen molar-refractivity contribution < 1.29 is 0 Å². The van der Waals surface area contributed by atoms with E-state index in [2.05, 4.69) is 33.8 Å². The fraction of sp³-hybridized carbons (Fsp3) is 0.562. The summed E-state index contributed by atoms with van der Waals surface area (Å²) in [5.41, 5.74) is 8.06. The number of thiocarbonyl (C=S) groups is 1. The molecule has 1 fully saturated rings. The van der Waals surface area contributed by atoms with Crippen LogP contribution in [-0.4, -0.2) is 18.1 Å². The second-order valence-corrected chi connectivity index (χ2v) is 6.95. The van der Waals surface area contributed by atoms with Crippen LogP contribution in [0.3, 0.4) is 0 Å². The van der Waals surface area contributed by atoms with Crippen LogP contribution < -0.4 is 10.6 Å². The number of anilines is 1. The summed E-state index contributed by atoms with van der Waals surface area (Å²) in [4.78, 5) is 2.94. The van der Waals surface area contributed by atoms with Gasteiger partial charge in [0.15, 0.2) is 0 Å². The van der Waals surface area contributed by atoms with Gasteiger partial charge < -0.3 is 10.6 Å². The first-order valence-corrected chi connectivity index (χ1v) is 8.66. The zero-order chi connectivity index (χ0) is 14.5. The molecule has 20 heavy (non-hydrogen) atoms. The molecule has 1 aromatic carbocycles. The summed E-state index contributed by atoms with van der Waals surface area (Å²) >= 11 is 8.75. The fourth-order valence-corrected chi connectivity index (χ4v) is 3.60. The maximum absolute atomic E-state index is 5.87. The van der Waals surface area contributed by atoms with Crippen LogP contribution in [0.4, 0.5) is 5.69 Å². The highest BCUT2D eigenvalue weighted by atomic mass is 79.9. The third kappa shape index (κ3) is 3.95. The van der Waals surface area contributed by atoms with Crippen molar-refractivity contribution in [3.8, 4) is 0 Å². The topological polar surface area (TPSA) is 29.3 Å². The summed E-state index contributed by atoms with van der Waals surface area (Å²) < 4.78 is 1.09. The second kappa shape index (κ2) is 7.41. The molecule has 0 aliphatic carbocycles. The smallest absolute Gasteiger partial charge is 0.106 e. The van der Waals surface area contributed by atoms with Crippen molar-refractivity contribution in [3.63, 3.8) is 0 Å². The van der Waals surface area contributed by atoms with Gasteiger partial charge in [-0.15, -0.1) is 0 Å². The number of rotatable bonds is 4. The highest BCUT2D eigenvalue weighted by molar-refractivity contribution is 9.10. The van der Waals surface area contributed by atoms with Crippen LogP contribution in [0.15, 0.2) is 22.7 Å². The SMILES string of the molecule is CCCC1CCCN(c2cc(Br)ccc2C(N)=S)CC1. The number of hydrogen-bond acceptors (Lipinski definition) is 2. The third-order valence-electron chi connectivity index (χ3n) is 4.11. The first-order chi connectivity index (χ1) is 9.61. The molecule has 110 valence electrons. The molecular formula is C16H23BrN2S. The maximum Gasteiger partial charge on any atom is 0.106 e. The lowest BCUT2D eigenvalue weighted by Gasteiger charge is -2.25. The summed E-state index contributed by atoms with van der Waals surface area (Å²) in [5, 5.41) is 0. The predicted octanol–water partition coefficient (Wildman–Crippen LogP) is 4.49. The summed E-state index contributed by atoms with van der Waals surface area (Å²) in [5.74, 6) is 0.880. The molecule has 0 spiro atoms. The van der Waals surface area contributed by atoms with Crippen molar-refractivity contribution in [2.75, 3.05) is 18.0 Å². The van der Waals surface area contributed by atoms with Crippen LogP contribution in [0.25, 0.3) is 0 Å². The number of nitrogens with two attached hydrogens (primary N) is 1. The third-order valence-corrected chi connectivity index (χ3v) is 4.82. The van der Waals surface area contributed by atoms with Crippen molar-refractivity contribution in [3.05, 3.63) is 28.2 Å². The van der Waals surface area contributed by atoms with E-state index < -0.39 is 0 Å². The van der Waals surface area contributed by atoms with E-state index in [1.165, 1.54) is 37.8 Å². The minimum absolute atomic E-state index is 0.488. The molecule has 0 bridgehead atoms. The van der Waals surface area contributed by atoms with Crippen molar-refractivity contribution >= 4 is 38.8 Å². The Morgan fingerprint density at radius 3 is 2.90 bits per heavy atom. The molecule has 2 rings (SSSR count). The van der Waals surface area contributed by atoms with Gasteiger partial charge in [0.25, 0.3) is 0 Å². The molecule has 1 atom stereocenters. The Bertz CT molecular complexity index is 476. The fourth-order valence-electron chi connectivity index (χ4n) is 3.08. The van der Waals surface area contributed by atoms with Gasteiger partial charge in [0, 0.05) is 28.8 Å². The normalized spacial score (nSPS) is 19.7. The van der Waals surface area contributed by atoms with E-state index in [0.717, 1.165) is 29.0 Å². The van der Waals surface area contributed by atoms with Gasteiger partial charge in [0.1, 0.15) is 4.99 Å². The second-order valence-electron chi connectivity index (χ2n) is 5.60. The number of halogens is 1. The van der Waals surface area contributed by atoms with Gasteiger partial charge in [-0.25, -0.2) is 0 Å². The summed E-state index contributed by atoms with van der Waals surface area (Å²) in [6.07, 6.45) is 6.53. The van der Waals surface area contributed by atoms with Crippen LogP contribution in [0.1, 0.15) is 44.6 Å². The minimum atomic E-state index is 0.488. The van der Waals surface area contributed by atoms with E-state index in [-0.39, 0.29) is 0 Å². The van der Waals surface area contributed by atoms with E-state index in [1.807, 2.05) is 12.1 Å². The molecule has 2 N–H and O–H groups in total. The van der Waals surface area contributed by atoms with Crippen molar-refractivity contribution in [1.29, 1.82) is 0 Å². The van der Waals surface area contributed by atoms with E-state index >= 15 is 0 Å². The monoisotopic (exact) mass is 354 g/mol. The quantitative estimate of drug-likeness (QED) is 0.807. The van der Waals surface area contributed by atoms with Crippen molar-refractivity contribution in [1.82, 2.24) is 0 Å². The molecule has 1 unspecified atom stereocenters. The molecule has 0 aromatic heterocycles. The average molecular weight is 355 g/mol. The summed E-state index contributed by atoms with van der Waals surface area (Å²) in [6.45, 7) is 4.49. The zero-order valence-electron chi connectivity index (χ0n) is 12.1. The molecule has 0 radical (unpaired) electrons. The molecule has 1 aromatic rings. The van der Waals surface area contributed by atoms with Crippen LogP contribution in [0, 0.1) is 5.92 Å². The first-order valence-electron chi connectivity index (χ1n) is 7.46. The van der Waals surface area contributed by atoms with E-state index in [9.17, 15) is 0 Å². The Balaban J connectivity index is 2.18. The average Bonchev–Trinajstić information content (AvgIpc) is 2.64. The molecule has 4 heteroatoms. The Kier molecular flexibility index (Phi) is 5.85. The molecule has 1 aliphatic rings. The standard InChI is InChI=1S/C16H23BrN2S/c1-2-4-12-5-3-9-19(10-8-12)15-11-13(17)6-7-14(15)16(18)20/h6-7,11-12H,2-5,8-10H2,1H3,(H2,18,20).